The molecule has 6 heteroatoms. The molecule has 3 atom stereocenters. The number of amides is 1. The highest BCUT2D eigenvalue weighted by Crippen LogP contribution is 2.15. The van der Waals surface area contributed by atoms with Gasteiger partial charge < -0.3 is 25.7 Å². The third-order valence-electron chi connectivity index (χ3n) is 2.95. The van der Waals surface area contributed by atoms with Crippen LogP contribution in [0.15, 0.2) is 18.2 Å². The van der Waals surface area contributed by atoms with E-state index in [1.54, 1.807) is 12.1 Å². The summed E-state index contributed by atoms with van der Waals surface area (Å²) in [5.74, 6) is -0.844. The first-order chi connectivity index (χ1) is 8.86. The summed E-state index contributed by atoms with van der Waals surface area (Å²) in [6, 6.07) is 5.22. The van der Waals surface area contributed by atoms with Gasteiger partial charge in [0.25, 0.3) is 5.91 Å². The van der Waals surface area contributed by atoms with Crippen LogP contribution in [0.4, 0.5) is 5.69 Å². The summed E-state index contributed by atoms with van der Waals surface area (Å²) in [5, 5.41) is 39.2. The molecule has 0 saturated carbocycles. The van der Waals surface area contributed by atoms with Gasteiger partial charge in [-0.3, -0.25) is 4.79 Å². The first-order valence-electron chi connectivity index (χ1n) is 5.90. The molecule has 0 spiro atoms. The van der Waals surface area contributed by atoms with Crippen LogP contribution in [-0.4, -0.2) is 51.3 Å². The van der Waals surface area contributed by atoms with E-state index in [0.29, 0.717) is 5.69 Å². The number of aliphatic hydroxyl groups is 4. The number of hydrogen-bond acceptors (Lipinski definition) is 5. The second-order valence-electron chi connectivity index (χ2n) is 4.47. The van der Waals surface area contributed by atoms with Crippen LogP contribution in [0.25, 0.3) is 0 Å². The van der Waals surface area contributed by atoms with Crippen molar-refractivity contribution in [2.24, 2.45) is 0 Å². The Labute approximate surface area is 111 Å². The third kappa shape index (κ3) is 4.00. The van der Waals surface area contributed by atoms with Crippen LogP contribution < -0.4 is 5.32 Å². The maximum atomic E-state index is 11.7. The van der Waals surface area contributed by atoms with Crippen molar-refractivity contribution >= 4 is 11.6 Å². The zero-order valence-electron chi connectivity index (χ0n) is 10.9. The Morgan fingerprint density at radius 1 is 1.21 bits per heavy atom. The number of hydrogen-bond donors (Lipinski definition) is 5. The highest BCUT2D eigenvalue weighted by atomic mass is 16.4. The lowest BCUT2D eigenvalue weighted by Crippen LogP contribution is -2.46. The smallest absolute Gasteiger partial charge is 0.256 e. The van der Waals surface area contributed by atoms with Gasteiger partial charge in [0.15, 0.2) is 6.10 Å². The zero-order chi connectivity index (χ0) is 14.6. The molecule has 1 rings (SSSR count). The van der Waals surface area contributed by atoms with Crippen molar-refractivity contribution in [3.63, 3.8) is 0 Å². The summed E-state index contributed by atoms with van der Waals surface area (Å²) in [5.41, 5.74) is 2.52. The van der Waals surface area contributed by atoms with E-state index in [0.717, 1.165) is 11.1 Å². The van der Waals surface area contributed by atoms with Crippen molar-refractivity contribution in [3.8, 4) is 0 Å². The molecule has 0 bridgehead atoms. The minimum Gasteiger partial charge on any atom is -0.394 e. The van der Waals surface area contributed by atoms with Gasteiger partial charge >= 0.3 is 0 Å². The van der Waals surface area contributed by atoms with Crippen molar-refractivity contribution in [2.45, 2.75) is 32.2 Å². The fraction of sp³-hybridized carbons (Fsp3) is 0.462. The Kier molecular flexibility index (Phi) is 5.44. The summed E-state index contributed by atoms with van der Waals surface area (Å²) in [6.07, 6.45) is -5.12. The SMILES string of the molecule is Cc1ccc(NC(=O)[C@H](O)[C@H](O)[C@H](O)CO)cc1C. The summed E-state index contributed by atoms with van der Waals surface area (Å²) in [6.45, 7) is 3.07. The molecule has 106 valence electrons. The minimum atomic E-state index is -1.82. The predicted octanol–water partition coefficient (Wildman–Crippen LogP) is -0.683. The average molecular weight is 269 g/mol. The first-order valence-corrected chi connectivity index (χ1v) is 5.90. The normalized spacial score (nSPS) is 15.7. The maximum absolute atomic E-state index is 11.7. The van der Waals surface area contributed by atoms with E-state index in [-0.39, 0.29) is 0 Å². The van der Waals surface area contributed by atoms with Gasteiger partial charge in [-0.1, -0.05) is 6.07 Å². The van der Waals surface area contributed by atoms with Crippen molar-refractivity contribution in [1.29, 1.82) is 0 Å². The molecular formula is C13H19NO5. The Morgan fingerprint density at radius 2 is 1.84 bits per heavy atom. The van der Waals surface area contributed by atoms with Gasteiger partial charge in [-0.2, -0.15) is 0 Å². The number of carbonyl (C=O) groups is 1. The fourth-order valence-electron chi connectivity index (χ4n) is 1.51. The summed E-state index contributed by atoms with van der Waals surface area (Å²) in [4.78, 5) is 11.7. The van der Waals surface area contributed by atoms with E-state index in [1.165, 1.54) is 0 Å². The van der Waals surface area contributed by atoms with Gasteiger partial charge in [0.2, 0.25) is 0 Å². The highest BCUT2D eigenvalue weighted by molar-refractivity contribution is 5.94. The number of aryl methyl sites for hydroxylation is 2. The molecule has 0 unspecified atom stereocenters. The van der Waals surface area contributed by atoms with Crippen molar-refractivity contribution in [1.82, 2.24) is 0 Å². The molecule has 1 aromatic rings. The maximum Gasteiger partial charge on any atom is 0.256 e. The number of rotatable bonds is 5. The van der Waals surface area contributed by atoms with Crippen molar-refractivity contribution in [2.75, 3.05) is 11.9 Å². The molecule has 0 radical (unpaired) electrons. The van der Waals surface area contributed by atoms with E-state index in [2.05, 4.69) is 5.32 Å². The Balaban J connectivity index is 2.71. The van der Waals surface area contributed by atoms with Gasteiger partial charge in [0, 0.05) is 5.69 Å². The molecule has 1 amide bonds. The lowest BCUT2D eigenvalue weighted by molar-refractivity contribution is -0.137. The molecular weight excluding hydrogens is 250 g/mol. The van der Waals surface area contributed by atoms with E-state index in [4.69, 9.17) is 10.2 Å². The Morgan fingerprint density at radius 3 is 2.37 bits per heavy atom. The second-order valence-corrected chi connectivity index (χ2v) is 4.47. The molecule has 0 saturated heterocycles. The quantitative estimate of drug-likeness (QED) is 0.486. The van der Waals surface area contributed by atoms with Gasteiger partial charge in [-0.05, 0) is 37.1 Å². The first kappa shape index (κ1) is 15.6. The molecule has 0 aliphatic heterocycles. The molecule has 0 aliphatic rings. The van der Waals surface area contributed by atoms with Crippen LogP contribution in [0.2, 0.25) is 0 Å². The monoisotopic (exact) mass is 269 g/mol. The van der Waals surface area contributed by atoms with E-state index < -0.39 is 30.8 Å². The lowest BCUT2D eigenvalue weighted by Gasteiger charge is -2.21. The zero-order valence-corrected chi connectivity index (χ0v) is 10.9. The van der Waals surface area contributed by atoms with Crippen LogP contribution in [0.3, 0.4) is 0 Å². The standard InChI is InChI=1S/C13H19NO5/c1-7-3-4-9(5-8(7)2)14-13(19)12(18)11(17)10(16)6-15/h3-5,10-12,15-18H,6H2,1-2H3,(H,14,19)/t10-,11-,12-/m1/s1. The van der Waals surface area contributed by atoms with Crippen LogP contribution in [0, 0.1) is 13.8 Å². The number of carbonyl (C=O) groups excluding carboxylic acids is 1. The minimum absolute atomic E-state index is 0.484. The van der Waals surface area contributed by atoms with E-state index in [1.807, 2.05) is 19.9 Å². The number of benzene rings is 1. The molecule has 1 aromatic carbocycles. The third-order valence-corrected chi connectivity index (χ3v) is 2.95. The average Bonchev–Trinajstić information content (AvgIpc) is 2.40. The topological polar surface area (TPSA) is 110 Å². The Bertz CT molecular complexity index is 449. The van der Waals surface area contributed by atoms with Crippen LogP contribution in [-0.2, 0) is 4.79 Å². The highest BCUT2D eigenvalue weighted by Gasteiger charge is 2.29. The van der Waals surface area contributed by atoms with Crippen LogP contribution in [0.5, 0.6) is 0 Å². The molecule has 0 heterocycles. The van der Waals surface area contributed by atoms with Gasteiger partial charge in [0.05, 0.1) is 6.61 Å². The predicted molar refractivity (Wildman–Crippen MR) is 69.7 cm³/mol. The number of aliphatic hydroxyl groups excluding tert-OH is 4. The molecule has 5 N–H and O–H groups in total. The summed E-state index contributed by atoms with van der Waals surface area (Å²) < 4.78 is 0. The molecule has 6 nitrogen and oxygen atoms in total. The van der Waals surface area contributed by atoms with E-state index in [9.17, 15) is 15.0 Å². The summed E-state index contributed by atoms with van der Waals surface area (Å²) in [7, 11) is 0. The fourth-order valence-corrected chi connectivity index (χ4v) is 1.51. The molecule has 0 aliphatic carbocycles. The number of nitrogens with one attached hydrogen (secondary N) is 1. The largest absolute Gasteiger partial charge is 0.394 e. The van der Waals surface area contributed by atoms with Crippen LogP contribution in [0.1, 0.15) is 11.1 Å². The van der Waals surface area contributed by atoms with Crippen molar-refractivity contribution in [3.05, 3.63) is 29.3 Å². The van der Waals surface area contributed by atoms with Gasteiger partial charge in [-0.25, -0.2) is 0 Å². The lowest BCUT2D eigenvalue weighted by atomic mass is 10.1. The summed E-state index contributed by atoms with van der Waals surface area (Å²) >= 11 is 0. The molecule has 0 fully saturated rings. The molecule has 0 aromatic heterocycles. The van der Waals surface area contributed by atoms with Gasteiger partial charge in [0.1, 0.15) is 12.2 Å². The second kappa shape index (κ2) is 6.63. The number of anilines is 1. The Hall–Kier alpha value is -1.47. The van der Waals surface area contributed by atoms with E-state index >= 15 is 0 Å². The van der Waals surface area contributed by atoms with Gasteiger partial charge in [-0.15, -0.1) is 0 Å². The molecule has 19 heavy (non-hydrogen) atoms. The van der Waals surface area contributed by atoms with Crippen molar-refractivity contribution < 1.29 is 25.2 Å². The van der Waals surface area contributed by atoms with Crippen LogP contribution >= 0.6 is 0 Å².